The molecule has 0 atom stereocenters. The number of ether oxygens (including phenoxy) is 1. The number of fused-ring (bicyclic) bond motifs is 1. The molecule has 1 aromatic heterocycles. The Morgan fingerprint density at radius 1 is 1.09 bits per heavy atom. The minimum Gasteiger partial charge on any atom is -0.493 e. The molecule has 0 amide bonds. The number of benzene rings is 2. The number of hydrogen-bond acceptors (Lipinski definition) is 5. The lowest BCUT2D eigenvalue weighted by Gasteiger charge is -2.11. The van der Waals surface area contributed by atoms with E-state index in [2.05, 4.69) is 32.2 Å². The van der Waals surface area contributed by atoms with Gasteiger partial charge in [-0.25, -0.2) is 4.79 Å². The molecule has 0 radical (unpaired) electrons. The van der Waals surface area contributed by atoms with Crippen molar-refractivity contribution in [1.29, 1.82) is 0 Å². The number of nitrogens with one attached hydrogen (secondary N) is 1. The van der Waals surface area contributed by atoms with Gasteiger partial charge in [0.05, 0.1) is 6.61 Å². The predicted octanol–water partition coefficient (Wildman–Crippen LogP) is 5.72. The van der Waals surface area contributed by atoms with E-state index in [1.54, 1.807) is 6.07 Å². The van der Waals surface area contributed by atoms with Crippen molar-refractivity contribution in [1.82, 2.24) is 5.32 Å². The number of allylic oxidation sites excluding steroid dienone is 2. The molecule has 0 bridgehead atoms. The first kappa shape index (κ1) is 25.4. The number of ketones is 1. The van der Waals surface area contributed by atoms with E-state index in [0.717, 1.165) is 48.0 Å². The quantitative estimate of drug-likeness (QED) is 0.171. The summed E-state index contributed by atoms with van der Waals surface area (Å²) in [5.74, 6) is 0.613. The summed E-state index contributed by atoms with van der Waals surface area (Å²) in [6, 6.07) is 11.3. The topological polar surface area (TPSA) is 68.5 Å². The van der Waals surface area contributed by atoms with Gasteiger partial charge < -0.3 is 14.5 Å². The minimum atomic E-state index is -0.481. The fourth-order valence-electron chi connectivity index (χ4n) is 3.84. The highest BCUT2D eigenvalue weighted by Gasteiger charge is 2.15. The Bertz CT molecular complexity index is 1250. The Morgan fingerprint density at radius 3 is 2.62 bits per heavy atom. The van der Waals surface area contributed by atoms with Gasteiger partial charge in [0.2, 0.25) is 0 Å². The Kier molecular flexibility index (Phi) is 8.83. The third-order valence-corrected chi connectivity index (χ3v) is 5.93. The van der Waals surface area contributed by atoms with Crippen LogP contribution in [0.3, 0.4) is 0 Å². The van der Waals surface area contributed by atoms with Crippen molar-refractivity contribution in [3.8, 4) is 5.75 Å². The number of aryl methyl sites for hydroxylation is 2. The van der Waals surface area contributed by atoms with E-state index < -0.39 is 5.63 Å². The van der Waals surface area contributed by atoms with Crippen LogP contribution >= 0.6 is 0 Å². The van der Waals surface area contributed by atoms with Crippen LogP contribution in [0.4, 0.5) is 0 Å². The second kappa shape index (κ2) is 11.8. The van der Waals surface area contributed by atoms with Gasteiger partial charge in [-0.1, -0.05) is 30.7 Å². The largest absolute Gasteiger partial charge is 0.493 e. The summed E-state index contributed by atoms with van der Waals surface area (Å²) in [4.78, 5) is 25.7. The fraction of sp³-hybridized carbons (Fsp3) is 0.379. The molecule has 1 heterocycles. The first-order valence-electron chi connectivity index (χ1n) is 12.0. The smallest absolute Gasteiger partial charge is 0.339 e. The van der Waals surface area contributed by atoms with Crippen LogP contribution in [-0.4, -0.2) is 25.5 Å². The van der Waals surface area contributed by atoms with Gasteiger partial charge in [0.1, 0.15) is 11.3 Å². The Balaban J connectivity index is 1.79. The summed E-state index contributed by atoms with van der Waals surface area (Å²) >= 11 is 0. The van der Waals surface area contributed by atoms with Crippen molar-refractivity contribution in [2.24, 2.45) is 0 Å². The minimum absolute atomic E-state index is 0.00511. The number of carbonyl (C=O) groups is 1. The maximum Gasteiger partial charge on any atom is 0.339 e. The van der Waals surface area contributed by atoms with Crippen molar-refractivity contribution in [2.45, 2.75) is 53.9 Å². The number of carbonyl (C=O) groups excluding carboxylic acids is 1. The summed E-state index contributed by atoms with van der Waals surface area (Å²) < 4.78 is 11.5. The van der Waals surface area contributed by atoms with E-state index in [1.165, 1.54) is 5.57 Å². The van der Waals surface area contributed by atoms with Crippen LogP contribution in [0.15, 0.2) is 57.3 Å². The van der Waals surface area contributed by atoms with Crippen LogP contribution in [0.2, 0.25) is 0 Å². The summed E-state index contributed by atoms with van der Waals surface area (Å²) in [5.41, 5.74) is 5.29. The second-order valence-corrected chi connectivity index (χ2v) is 8.95. The molecule has 0 spiro atoms. The molecule has 5 nitrogen and oxygen atoms in total. The van der Waals surface area contributed by atoms with E-state index in [-0.39, 0.29) is 12.2 Å². The molecule has 2 aromatic carbocycles. The molecule has 0 aliphatic heterocycles. The molecule has 0 aliphatic carbocycles. The van der Waals surface area contributed by atoms with Gasteiger partial charge in [-0.15, -0.1) is 0 Å². The maximum atomic E-state index is 13.0. The first-order valence-corrected chi connectivity index (χ1v) is 12.0. The molecule has 0 saturated heterocycles. The van der Waals surface area contributed by atoms with Crippen molar-refractivity contribution in [3.05, 3.63) is 86.3 Å². The van der Waals surface area contributed by atoms with E-state index >= 15 is 0 Å². The van der Waals surface area contributed by atoms with Crippen molar-refractivity contribution in [3.63, 3.8) is 0 Å². The van der Waals surface area contributed by atoms with Crippen LogP contribution in [0, 0.1) is 13.8 Å². The summed E-state index contributed by atoms with van der Waals surface area (Å²) in [7, 11) is 0. The van der Waals surface area contributed by atoms with Crippen molar-refractivity contribution in [2.75, 3.05) is 19.7 Å². The molecule has 34 heavy (non-hydrogen) atoms. The summed E-state index contributed by atoms with van der Waals surface area (Å²) in [5, 5.41) is 4.05. The Labute approximate surface area is 201 Å². The van der Waals surface area contributed by atoms with Gasteiger partial charge in [-0.2, -0.15) is 0 Å². The van der Waals surface area contributed by atoms with Gasteiger partial charge in [0, 0.05) is 28.5 Å². The number of Topliss-reactive ketones (excluding diaryl/α,β-unsaturated/α-hetero) is 1. The van der Waals surface area contributed by atoms with Crippen molar-refractivity contribution < 1.29 is 13.9 Å². The maximum absolute atomic E-state index is 13.0. The molecular weight excluding hydrogens is 426 g/mol. The molecule has 1 N–H and O–H groups in total. The fourth-order valence-corrected chi connectivity index (χ4v) is 3.84. The zero-order valence-electron chi connectivity index (χ0n) is 20.9. The average Bonchev–Trinajstić information content (AvgIpc) is 2.80. The first-order chi connectivity index (χ1) is 16.3. The van der Waals surface area contributed by atoms with E-state index in [0.29, 0.717) is 29.1 Å². The predicted molar refractivity (Wildman–Crippen MR) is 138 cm³/mol. The van der Waals surface area contributed by atoms with Gasteiger partial charge in [0.15, 0.2) is 5.78 Å². The van der Waals surface area contributed by atoms with Crippen LogP contribution in [0.1, 0.15) is 59.8 Å². The van der Waals surface area contributed by atoms with Crippen LogP contribution in [0.25, 0.3) is 11.0 Å². The highest BCUT2D eigenvalue weighted by molar-refractivity contribution is 5.98. The molecule has 3 rings (SSSR count). The second-order valence-electron chi connectivity index (χ2n) is 8.95. The number of hydrogen-bond donors (Lipinski definition) is 1. The van der Waals surface area contributed by atoms with Gasteiger partial charge in [-0.05, 0) is 89.0 Å². The summed E-state index contributed by atoms with van der Waals surface area (Å²) in [6.45, 7) is 12.5. The SMILES string of the molecule is CCNCCCOc1ccc2cc(CC(=O)c3ccc(C)c(CC=C(C)C)c3)c(=O)oc2c1C. The molecule has 180 valence electrons. The van der Waals surface area contributed by atoms with Gasteiger partial charge in [0.25, 0.3) is 0 Å². The Morgan fingerprint density at radius 2 is 1.88 bits per heavy atom. The number of rotatable bonds is 11. The van der Waals surface area contributed by atoms with Crippen LogP contribution in [0.5, 0.6) is 5.75 Å². The third kappa shape index (κ3) is 6.45. The lowest BCUT2D eigenvalue weighted by atomic mass is 9.97. The lowest BCUT2D eigenvalue weighted by Crippen LogP contribution is -2.16. The monoisotopic (exact) mass is 461 g/mol. The zero-order chi connectivity index (χ0) is 24.7. The highest BCUT2D eigenvalue weighted by atomic mass is 16.5. The lowest BCUT2D eigenvalue weighted by molar-refractivity contribution is 0.0992. The van der Waals surface area contributed by atoms with Crippen LogP contribution < -0.4 is 15.7 Å². The Hall–Kier alpha value is -3.18. The van der Waals surface area contributed by atoms with Crippen LogP contribution in [-0.2, 0) is 12.8 Å². The van der Waals surface area contributed by atoms with Gasteiger partial charge in [-0.3, -0.25) is 4.79 Å². The van der Waals surface area contributed by atoms with E-state index in [4.69, 9.17) is 9.15 Å². The molecule has 3 aromatic rings. The molecule has 0 fully saturated rings. The third-order valence-electron chi connectivity index (χ3n) is 5.93. The average molecular weight is 462 g/mol. The van der Waals surface area contributed by atoms with Crippen molar-refractivity contribution >= 4 is 16.8 Å². The molecule has 0 aliphatic rings. The molecule has 0 saturated carbocycles. The van der Waals surface area contributed by atoms with E-state index in [9.17, 15) is 9.59 Å². The summed E-state index contributed by atoms with van der Waals surface area (Å²) in [6.07, 6.45) is 3.83. The van der Waals surface area contributed by atoms with Gasteiger partial charge >= 0.3 is 5.63 Å². The molecule has 5 heteroatoms. The standard InChI is InChI=1S/C29H35NO4/c1-6-30-14-7-15-33-27-13-12-24-17-25(29(32)34-28(24)21(27)5)18-26(31)23-11-9-20(4)22(16-23)10-8-19(2)3/h8-9,11-13,16-17,30H,6-7,10,14-15,18H2,1-5H3. The van der Waals surface area contributed by atoms with E-state index in [1.807, 2.05) is 44.2 Å². The normalized spacial score (nSPS) is 11.0. The molecular formula is C29H35NO4. The zero-order valence-corrected chi connectivity index (χ0v) is 20.9. The molecule has 0 unspecified atom stereocenters. The highest BCUT2D eigenvalue weighted by Crippen LogP contribution is 2.27.